The largest absolute Gasteiger partial charge is 0.379 e. The van der Waals surface area contributed by atoms with Crippen LogP contribution in [-0.2, 0) is 10.2 Å². The van der Waals surface area contributed by atoms with Crippen LogP contribution >= 0.6 is 0 Å². The van der Waals surface area contributed by atoms with Gasteiger partial charge in [0.2, 0.25) is 0 Å². The number of benzene rings is 1. The highest BCUT2D eigenvalue weighted by Gasteiger charge is 2.62. The molecule has 1 saturated heterocycles. The molecule has 1 aromatic heterocycles. The summed E-state index contributed by atoms with van der Waals surface area (Å²) in [6.45, 7) is 4.37. The SMILES string of the molecule is Cc1nc2ccc(C3(C4(CN)CC4)COC3)cc2[nH]1. The smallest absolute Gasteiger partial charge is 0.104 e. The zero-order valence-electron chi connectivity index (χ0n) is 11.2. The quantitative estimate of drug-likeness (QED) is 0.882. The standard InChI is InChI=1S/C15H19N3O/c1-10-17-12-3-2-11(6-13(12)18-10)15(8-19-9-15)14(7-16)4-5-14/h2-3,6H,4-5,7-9,16H2,1H3,(H,17,18). The summed E-state index contributed by atoms with van der Waals surface area (Å²) in [5.41, 5.74) is 9.96. The lowest BCUT2D eigenvalue weighted by Gasteiger charge is -2.48. The highest BCUT2D eigenvalue weighted by Crippen LogP contribution is 2.61. The van der Waals surface area contributed by atoms with Crippen molar-refractivity contribution in [2.75, 3.05) is 19.8 Å². The fraction of sp³-hybridized carbons (Fsp3) is 0.533. The molecule has 1 aromatic carbocycles. The number of nitrogens with one attached hydrogen (secondary N) is 1. The van der Waals surface area contributed by atoms with Crippen molar-refractivity contribution in [1.29, 1.82) is 0 Å². The van der Waals surface area contributed by atoms with Crippen LogP contribution in [0.1, 0.15) is 24.2 Å². The predicted molar refractivity (Wildman–Crippen MR) is 74.0 cm³/mol. The van der Waals surface area contributed by atoms with Crippen molar-refractivity contribution in [3.63, 3.8) is 0 Å². The highest BCUT2D eigenvalue weighted by atomic mass is 16.5. The Morgan fingerprint density at radius 2 is 2.16 bits per heavy atom. The molecular formula is C15H19N3O. The lowest BCUT2D eigenvalue weighted by atomic mass is 9.66. The summed E-state index contributed by atoms with van der Waals surface area (Å²) in [5.74, 6) is 0.964. The van der Waals surface area contributed by atoms with E-state index in [-0.39, 0.29) is 10.8 Å². The van der Waals surface area contributed by atoms with Crippen molar-refractivity contribution in [3.8, 4) is 0 Å². The van der Waals surface area contributed by atoms with Crippen LogP contribution in [0.15, 0.2) is 18.2 Å². The number of aromatic amines is 1. The topological polar surface area (TPSA) is 63.9 Å². The number of hydrogen-bond donors (Lipinski definition) is 2. The molecule has 0 spiro atoms. The number of ether oxygens (including phenoxy) is 1. The lowest BCUT2D eigenvalue weighted by molar-refractivity contribution is -0.0972. The van der Waals surface area contributed by atoms with Gasteiger partial charge in [0.05, 0.1) is 24.2 Å². The summed E-state index contributed by atoms with van der Waals surface area (Å²) in [5, 5.41) is 0. The molecule has 0 unspecified atom stereocenters. The summed E-state index contributed by atoms with van der Waals surface area (Å²) in [6, 6.07) is 6.56. The minimum Gasteiger partial charge on any atom is -0.379 e. The van der Waals surface area contributed by atoms with Gasteiger partial charge in [-0.25, -0.2) is 4.98 Å². The van der Waals surface area contributed by atoms with Gasteiger partial charge in [0.1, 0.15) is 5.82 Å². The third kappa shape index (κ3) is 1.38. The molecule has 4 rings (SSSR count). The van der Waals surface area contributed by atoms with E-state index < -0.39 is 0 Å². The number of fused-ring (bicyclic) bond motifs is 1. The molecule has 2 aliphatic rings. The first-order chi connectivity index (χ1) is 9.19. The molecule has 0 atom stereocenters. The Labute approximate surface area is 112 Å². The Hall–Kier alpha value is -1.39. The molecule has 4 heteroatoms. The van der Waals surface area contributed by atoms with E-state index >= 15 is 0 Å². The second-order valence-corrected chi connectivity index (χ2v) is 6.11. The molecular weight excluding hydrogens is 238 g/mol. The van der Waals surface area contributed by atoms with E-state index in [4.69, 9.17) is 10.5 Å². The molecule has 2 aromatic rings. The Balaban J connectivity index is 1.84. The molecule has 1 saturated carbocycles. The van der Waals surface area contributed by atoms with Crippen LogP contribution in [0.2, 0.25) is 0 Å². The van der Waals surface area contributed by atoms with Crippen LogP contribution in [0.4, 0.5) is 0 Å². The van der Waals surface area contributed by atoms with E-state index in [1.165, 1.54) is 18.4 Å². The van der Waals surface area contributed by atoms with Gasteiger partial charge in [0.25, 0.3) is 0 Å². The molecule has 3 N–H and O–H groups in total. The first-order valence-electron chi connectivity index (χ1n) is 6.94. The number of nitrogens with zero attached hydrogens (tertiary/aromatic N) is 1. The number of imidazole rings is 1. The maximum absolute atomic E-state index is 6.04. The number of aromatic nitrogens is 2. The first-order valence-corrected chi connectivity index (χ1v) is 6.94. The van der Waals surface area contributed by atoms with Gasteiger partial charge in [-0.15, -0.1) is 0 Å². The number of aryl methyl sites for hydroxylation is 1. The summed E-state index contributed by atoms with van der Waals surface area (Å²) < 4.78 is 5.56. The van der Waals surface area contributed by atoms with Gasteiger partial charge >= 0.3 is 0 Å². The van der Waals surface area contributed by atoms with Crippen LogP contribution in [0, 0.1) is 12.3 Å². The van der Waals surface area contributed by atoms with Crippen molar-refractivity contribution in [3.05, 3.63) is 29.6 Å². The maximum Gasteiger partial charge on any atom is 0.104 e. The van der Waals surface area contributed by atoms with Crippen LogP contribution in [-0.4, -0.2) is 29.7 Å². The monoisotopic (exact) mass is 257 g/mol. The highest BCUT2D eigenvalue weighted by molar-refractivity contribution is 5.76. The van der Waals surface area contributed by atoms with Crippen molar-refractivity contribution >= 4 is 11.0 Å². The van der Waals surface area contributed by atoms with E-state index in [0.717, 1.165) is 36.6 Å². The Bertz CT molecular complexity index is 638. The van der Waals surface area contributed by atoms with E-state index in [2.05, 4.69) is 28.2 Å². The van der Waals surface area contributed by atoms with Gasteiger partial charge in [-0.1, -0.05) is 6.07 Å². The molecule has 0 amide bonds. The van der Waals surface area contributed by atoms with E-state index in [9.17, 15) is 0 Å². The van der Waals surface area contributed by atoms with Crippen molar-refractivity contribution in [2.24, 2.45) is 11.1 Å². The van der Waals surface area contributed by atoms with Crippen molar-refractivity contribution in [1.82, 2.24) is 9.97 Å². The molecule has 100 valence electrons. The summed E-state index contributed by atoms with van der Waals surface area (Å²) in [4.78, 5) is 7.79. The number of hydrogen-bond acceptors (Lipinski definition) is 3. The number of rotatable bonds is 3. The average molecular weight is 257 g/mol. The third-order valence-corrected chi connectivity index (χ3v) is 5.11. The lowest BCUT2D eigenvalue weighted by Crippen LogP contribution is -2.55. The van der Waals surface area contributed by atoms with Crippen LogP contribution in [0.5, 0.6) is 0 Å². The molecule has 1 aliphatic heterocycles. The summed E-state index contributed by atoms with van der Waals surface area (Å²) in [7, 11) is 0. The molecule has 2 fully saturated rings. The van der Waals surface area contributed by atoms with Crippen molar-refractivity contribution in [2.45, 2.75) is 25.2 Å². The van der Waals surface area contributed by atoms with Crippen LogP contribution in [0.3, 0.4) is 0 Å². The van der Waals surface area contributed by atoms with Gasteiger partial charge in [-0.3, -0.25) is 0 Å². The summed E-state index contributed by atoms with van der Waals surface area (Å²) >= 11 is 0. The average Bonchev–Trinajstić information content (AvgIpc) is 3.04. The van der Waals surface area contributed by atoms with E-state index in [1.54, 1.807) is 0 Å². The zero-order chi connectivity index (χ0) is 13.1. The first kappa shape index (κ1) is 11.4. The molecule has 4 nitrogen and oxygen atoms in total. The Morgan fingerprint density at radius 1 is 1.37 bits per heavy atom. The van der Waals surface area contributed by atoms with Gasteiger partial charge in [0, 0.05) is 5.41 Å². The Kier molecular flexibility index (Phi) is 2.16. The zero-order valence-corrected chi connectivity index (χ0v) is 11.2. The maximum atomic E-state index is 6.04. The second kappa shape index (κ2) is 3.58. The predicted octanol–water partition coefficient (Wildman–Crippen LogP) is 1.88. The fourth-order valence-corrected chi connectivity index (χ4v) is 3.55. The Morgan fingerprint density at radius 3 is 2.74 bits per heavy atom. The summed E-state index contributed by atoms with van der Waals surface area (Å²) in [6.07, 6.45) is 2.46. The fourth-order valence-electron chi connectivity index (χ4n) is 3.55. The van der Waals surface area contributed by atoms with Crippen LogP contribution in [0.25, 0.3) is 11.0 Å². The van der Waals surface area contributed by atoms with Crippen LogP contribution < -0.4 is 5.73 Å². The van der Waals surface area contributed by atoms with Crippen molar-refractivity contribution < 1.29 is 4.74 Å². The van der Waals surface area contributed by atoms with Gasteiger partial charge in [0.15, 0.2) is 0 Å². The molecule has 0 bridgehead atoms. The van der Waals surface area contributed by atoms with E-state index in [1.807, 2.05) is 6.92 Å². The minimum absolute atomic E-state index is 0.134. The molecule has 2 heterocycles. The van der Waals surface area contributed by atoms with Gasteiger partial charge < -0.3 is 15.5 Å². The molecule has 0 radical (unpaired) electrons. The normalized spacial score (nSPS) is 23.3. The number of H-pyrrole nitrogens is 1. The molecule has 19 heavy (non-hydrogen) atoms. The third-order valence-electron chi connectivity index (χ3n) is 5.11. The van der Waals surface area contributed by atoms with E-state index in [0.29, 0.717) is 0 Å². The number of nitrogens with two attached hydrogens (primary N) is 1. The van der Waals surface area contributed by atoms with Gasteiger partial charge in [-0.2, -0.15) is 0 Å². The molecule has 1 aliphatic carbocycles. The van der Waals surface area contributed by atoms with Gasteiger partial charge in [-0.05, 0) is 49.4 Å². The second-order valence-electron chi connectivity index (χ2n) is 6.11. The minimum atomic E-state index is 0.134.